The summed E-state index contributed by atoms with van der Waals surface area (Å²) in [6.07, 6.45) is 3.87. The van der Waals surface area contributed by atoms with E-state index in [0.717, 1.165) is 25.1 Å². The summed E-state index contributed by atoms with van der Waals surface area (Å²) >= 11 is 11.9. The zero-order valence-corrected chi connectivity index (χ0v) is 13.4. The monoisotopic (exact) mass is 326 g/mol. The third-order valence-corrected chi connectivity index (χ3v) is 5.59. The Morgan fingerprint density at radius 3 is 2.76 bits per heavy atom. The van der Waals surface area contributed by atoms with Gasteiger partial charge in [-0.2, -0.15) is 0 Å². The Bertz CT molecular complexity index is 549. The molecule has 0 aromatic heterocycles. The predicted molar refractivity (Wildman–Crippen MR) is 85.6 cm³/mol. The molecule has 0 bridgehead atoms. The van der Waals surface area contributed by atoms with Crippen LogP contribution in [0.3, 0.4) is 0 Å². The van der Waals surface area contributed by atoms with Crippen LogP contribution in [0.1, 0.15) is 24.8 Å². The lowest BCUT2D eigenvalue weighted by atomic mass is 9.78. The van der Waals surface area contributed by atoms with Crippen molar-refractivity contribution in [2.75, 3.05) is 13.1 Å². The van der Waals surface area contributed by atoms with Crippen molar-refractivity contribution in [1.29, 1.82) is 0 Å². The minimum atomic E-state index is 0.162. The topological polar surface area (TPSA) is 46.3 Å². The van der Waals surface area contributed by atoms with E-state index in [2.05, 4.69) is 0 Å². The SMILES string of the molecule is NC1CCCC2CN(C(=O)Cc3ccc(Cl)c(Cl)c3)CC12. The second-order valence-electron chi connectivity index (χ2n) is 6.24. The van der Waals surface area contributed by atoms with Gasteiger partial charge in [0.25, 0.3) is 0 Å². The number of likely N-dealkylation sites (tertiary alicyclic amines) is 1. The van der Waals surface area contributed by atoms with Crippen molar-refractivity contribution in [3.8, 4) is 0 Å². The molecule has 1 amide bonds. The van der Waals surface area contributed by atoms with Gasteiger partial charge in [-0.1, -0.05) is 35.7 Å². The number of benzene rings is 1. The van der Waals surface area contributed by atoms with Crippen LogP contribution in [0.15, 0.2) is 18.2 Å². The van der Waals surface area contributed by atoms with Crippen LogP contribution in [0.25, 0.3) is 0 Å². The van der Waals surface area contributed by atoms with E-state index in [4.69, 9.17) is 28.9 Å². The van der Waals surface area contributed by atoms with Gasteiger partial charge in [0.15, 0.2) is 0 Å². The van der Waals surface area contributed by atoms with E-state index in [-0.39, 0.29) is 11.9 Å². The molecule has 114 valence electrons. The number of fused-ring (bicyclic) bond motifs is 1. The second kappa shape index (κ2) is 6.15. The van der Waals surface area contributed by atoms with Crippen molar-refractivity contribution >= 4 is 29.1 Å². The average molecular weight is 327 g/mol. The summed E-state index contributed by atoms with van der Waals surface area (Å²) in [5.74, 6) is 1.23. The maximum atomic E-state index is 12.5. The summed E-state index contributed by atoms with van der Waals surface area (Å²) in [7, 11) is 0. The Balaban J connectivity index is 1.65. The molecule has 0 radical (unpaired) electrons. The Morgan fingerprint density at radius 1 is 1.24 bits per heavy atom. The van der Waals surface area contributed by atoms with Gasteiger partial charge in [0.05, 0.1) is 16.5 Å². The smallest absolute Gasteiger partial charge is 0.227 e. The third kappa shape index (κ3) is 3.20. The predicted octanol–water partition coefficient (Wildman–Crippen LogP) is 3.12. The van der Waals surface area contributed by atoms with Crippen molar-refractivity contribution in [1.82, 2.24) is 4.90 Å². The molecule has 1 aromatic carbocycles. The van der Waals surface area contributed by atoms with Crippen molar-refractivity contribution in [3.63, 3.8) is 0 Å². The molecule has 3 rings (SSSR count). The largest absolute Gasteiger partial charge is 0.342 e. The van der Waals surface area contributed by atoms with E-state index in [1.807, 2.05) is 11.0 Å². The molecular formula is C16H20Cl2N2O. The molecule has 3 unspecified atom stereocenters. The Kier molecular flexibility index (Phi) is 4.43. The van der Waals surface area contributed by atoms with E-state index in [1.54, 1.807) is 12.1 Å². The first kappa shape index (κ1) is 15.1. The van der Waals surface area contributed by atoms with Crippen LogP contribution in [0.2, 0.25) is 10.0 Å². The van der Waals surface area contributed by atoms with Crippen LogP contribution in [0.5, 0.6) is 0 Å². The standard InChI is InChI=1S/C16H20Cl2N2O/c17-13-5-4-10(6-14(13)18)7-16(21)20-8-11-2-1-3-15(19)12(11)9-20/h4-6,11-12,15H,1-3,7-9,19H2. The van der Waals surface area contributed by atoms with Gasteiger partial charge < -0.3 is 10.6 Å². The minimum absolute atomic E-state index is 0.162. The Labute approximate surface area is 135 Å². The van der Waals surface area contributed by atoms with Gasteiger partial charge in [-0.25, -0.2) is 0 Å². The molecule has 0 spiro atoms. The van der Waals surface area contributed by atoms with Gasteiger partial charge in [0.2, 0.25) is 5.91 Å². The van der Waals surface area contributed by atoms with E-state index in [0.29, 0.717) is 28.3 Å². The number of rotatable bonds is 2. The molecule has 1 aromatic rings. The van der Waals surface area contributed by atoms with E-state index < -0.39 is 0 Å². The number of carbonyl (C=O) groups is 1. The van der Waals surface area contributed by atoms with Gasteiger partial charge in [-0.05, 0) is 42.4 Å². The lowest BCUT2D eigenvalue weighted by Gasteiger charge is -2.29. The number of nitrogens with zero attached hydrogens (tertiary/aromatic N) is 1. The van der Waals surface area contributed by atoms with E-state index in [9.17, 15) is 4.79 Å². The zero-order valence-electron chi connectivity index (χ0n) is 11.9. The van der Waals surface area contributed by atoms with Crippen LogP contribution in [0.4, 0.5) is 0 Å². The fourth-order valence-corrected chi connectivity index (χ4v) is 3.98. The number of hydrogen-bond donors (Lipinski definition) is 1. The normalized spacial score (nSPS) is 28.5. The second-order valence-corrected chi connectivity index (χ2v) is 7.06. The molecular weight excluding hydrogens is 307 g/mol. The molecule has 1 saturated heterocycles. The molecule has 5 heteroatoms. The van der Waals surface area contributed by atoms with Crippen LogP contribution in [0, 0.1) is 11.8 Å². The quantitative estimate of drug-likeness (QED) is 0.907. The maximum Gasteiger partial charge on any atom is 0.227 e. The number of carbonyl (C=O) groups excluding carboxylic acids is 1. The van der Waals surface area contributed by atoms with E-state index in [1.165, 1.54) is 12.8 Å². The highest BCUT2D eigenvalue weighted by molar-refractivity contribution is 6.42. The van der Waals surface area contributed by atoms with Crippen LogP contribution >= 0.6 is 23.2 Å². The highest BCUT2D eigenvalue weighted by Crippen LogP contribution is 2.35. The van der Waals surface area contributed by atoms with Gasteiger partial charge in [0, 0.05) is 19.1 Å². The first-order valence-electron chi connectivity index (χ1n) is 7.52. The summed E-state index contributed by atoms with van der Waals surface area (Å²) < 4.78 is 0. The third-order valence-electron chi connectivity index (χ3n) is 4.85. The Morgan fingerprint density at radius 2 is 2.05 bits per heavy atom. The van der Waals surface area contributed by atoms with Crippen molar-refractivity contribution in [2.24, 2.45) is 17.6 Å². The first-order chi connectivity index (χ1) is 10.0. The van der Waals surface area contributed by atoms with E-state index >= 15 is 0 Å². The zero-order chi connectivity index (χ0) is 15.0. The van der Waals surface area contributed by atoms with Gasteiger partial charge in [-0.3, -0.25) is 4.79 Å². The lowest BCUT2D eigenvalue weighted by Crippen LogP contribution is -2.38. The molecule has 21 heavy (non-hydrogen) atoms. The highest BCUT2D eigenvalue weighted by atomic mass is 35.5. The molecule has 2 fully saturated rings. The van der Waals surface area contributed by atoms with Crippen molar-refractivity contribution < 1.29 is 4.79 Å². The maximum absolute atomic E-state index is 12.5. The summed E-state index contributed by atoms with van der Waals surface area (Å²) in [5, 5.41) is 1.02. The Hall–Kier alpha value is -0.770. The average Bonchev–Trinajstić information content (AvgIpc) is 2.89. The number of halogens is 2. The fourth-order valence-electron chi connectivity index (χ4n) is 3.66. The van der Waals surface area contributed by atoms with Crippen LogP contribution in [-0.2, 0) is 11.2 Å². The van der Waals surface area contributed by atoms with Crippen molar-refractivity contribution in [2.45, 2.75) is 31.7 Å². The van der Waals surface area contributed by atoms with Gasteiger partial charge in [-0.15, -0.1) is 0 Å². The molecule has 1 heterocycles. The summed E-state index contributed by atoms with van der Waals surface area (Å²) in [5.41, 5.74) is 7.11. The van der Waals surface area contributed by atoms with Crippen molar-refractivity contribution in [3.05, 3.63) is 33.8 Å². The molecule has 2 N–H and O–H groups in total. The molecule has 3 nitrogen and oxygen atoms in total. The highest BCUT2D eigenvalue weighted by Gasteiger charge is 2.40. The van der Waals surface area contributed by atoms with Crippen LogP contribution in [-0.4, -0.2) is 29.9 Å². The van der Waals surface area contributed by atoms with Gasteiger partial charge in [0.1, 0.15) is 0 Å². The summed E-state index contributed by atoms with van der Waals surface area (Å²) in [6.45, 7) is 1.67. The number of amides is 1. The molecule has 1 aliphatic heterocycles. The molecule has 1 aliphatic carbocycles. The summed E-state index contributed by atoms with van der Waals surface area (Å²) in [4.78, 5) is 14.4. The summed E-state index contributed by atoms with van der Waals surface area (Å²) in [6, 6.07) is 5.63. The lowest BCUT2D eigenvalue weighted by molar-refractivity contribution is -0.129. The molecule has 3 atom stereocenters. The van der Waals surface area contributed by atoms with Gasteiger partial charge >= 0.3 is 0 Å². The van der Waals surface area contributed by atoms with Crippen LogP contribution < -0.4 is 5.73 Å². The molecule has 1 saturated carbocycles. The molecule has 2 aliphatic rings. The fraction of sp³-hybridized carbons (Fsp3) is 0.562. The number of nitrogens with two attached hydrogens (primary N) is 1. The first-order valence-corrected chi connectivity index (χ1v) is 8.27. The minimum Gasteiger partial charge on any atom is -0.342 e. The number of hydrogen-bond acceptors (Lipinski definition) is 2.